The Kier molecular flexibility index (Phi) is 3.23. The molecule has 0 saturated heterocycles. The third-order valence-corrected chi connectivity index (χ3v) is 4.85. The molecule has 1 aliphatic heterocycles. The van der Waals surface area contributed by atoms with E-state index in [-0.39, 0.29) is 17.3 Å². The van der Waals surface area contributed by atoms with Gasteiger partial charge in [0.05, 0.1) is 12.5 Å². The van der Waals surface area contributed by atoms with Crippen molar-refractivity contribution >= 4 is 5.97 Å². The molecule has 0 bridgehead atoms. The SMILES string of the molecule is CC1(C)CCC(C(=O)O)C(c2cccc3c2OCC3)C1. The fourth-order valence-electron chi connectivity index (χ4n) is 3.74. The number of para-hydroxylation sites is 1. The number of rotatable bonds is 2. The van der Waals surface area contributed by atoms with E-state index in [1.165, 1.54) is 5.56 Å². The zero-order valence-electron chi connectivity index (χ0n) is 12.2. The summed E-state index contributed by atoms with van der Waals surface area (Å²) in [6.45, 7) is 5.20. The molecule has 1 aromatic carbocycles. The van der Waals surface area contributed by atoms with E-state index >= 15 is 0 Å². The third kappa shape index (κ3) is 2.30. The average Bonchev–Trinajstić information content (AvgIpc) is 2.85. The molecule has 3 nitrogen and oxygen atoms in total. The molecule has 2 aliphatic rings. The molecule has 3 rings (SSSR count). The van der Waals surface area contributed by atoms with Crippen LogP contribution >= 0.6 is 0 Å². The van der Waals surface area contributed by atoms with E-state index in [2.05, 4.69) is 26.0 Å². The smallest absolute Gasteiger partial charge is 0.307 e. The zero-order chi connectivity index (χ0) is 14.3. The monoisotopic (exact) mass is 274 g/mol. The van der Waals surface area contributed by atoms with Gasteiger partial charge in [-0.1, -0.05) is 32.0 Å². The van der Waals surface area contributed by atoms with Crippen LogP contribution in [0.25, 0.3) is 0 Å². The van der Waals surface area contributed by atoms with E-state index in [9.17, 15) is 9.90 Å². The molecule has 1 saturated carbocycles. The molecule has 1 aromatic rings. The summed E-state index contributed by atoms with van der Waals surface area (Å²) < 4.78 is 5.79. The third-order valence-electron chi connectivity index (χ3n) is 4.85. The number of carboxylic acid groups (broad SMARTS) is 1. The van der Waals surface area contributed by atoms with Crippen molar-refractivity contribution in [2.45, 2.75) is 45.4 Å². The van der Waals surface area contributed by atoms with E-state index in [0.29, 0.717) is 0 Å². The van der Waals surface area contributed by atoms with Crippen LogP contribution in [0.15, 0.2) is 18.2 Å². The van der Waals surface area contributed by atoms with Gasteiger partial charge in [-0.05, 0) is 35.8 Å². The molecule has 3 heteroatoms. The highest BCUT2D eigenvalue weighted by atomic mass is 16.5. The number of carboxylic acids is 1. The summed E-state index contributed by atoms with van der Waals surface area (Å²) >= 11 is 0. The Morgan fingerprint density at radius 3 is 2.95 bits per heavy atom. The van der Waals surface area contributed by atoms with E-state index in [0.717, 1.165) is 43.6 Å². The maximum atomic E-state index is 11.6. The van der Waals surface area contributed by atoms with Gasteiger partial charge >= 0.3 is 5.97 Å². The van der Waals surface area contributed by atoms with E-state index in [1.54, 1.807) is 0 Å². The van der Waals surface area contributed by atoms with Crippen molar-refractivity contribution in [2.75, 3.05) is 6.61 Å². The lowest BCUT2D eigenvalue weighted by Gasteiger charge is -2.39. The Hall–Kier alpha value is -1.51. The highest BCUT2D eigenvalue weighted by molar-refractivity contribution is 5.72. The van der Waals surface area contributed by atoms with Crippen LogP contribution in [0.5, 0.6) is 5.75 Å². The average molecular weight is 274 g/mol. The van der Waals surface area contributed by atoms with Crippen LogP contribution in [0.3, 0.4) is 0 Å². The van der Waals surface area contributed by atoms with Crippen molar-refractivity contribution in [3.8, 4) is 5.75 Å². The van der Waals surface area contributed by atoms with Crippen molar-refractivity contribution in [1.82, 2.24) is 0 Å². The number of fused-ring (bicyclic) bond motifs is 1. The highest BCUT2D eigenvalue weighted by Gasteiger charge is 2.41. The second kappa shape index (κ2) is 4.80. The predicted octanol–water partition coefficient (Wildman–Crippen LogP) is 3.62. The second-order valence-electron chi connectivity index (χ2n) is 6.89. The molecule has 0 radical (unpaired) electrons. The first-order chi connectivity index (χ1) is 9.48. The van der Waals surface area contributed by atoms with Crippen molar-refractivity contribution in [1.29, 1.82) is 0 Å². The molecule has 2 atom stereocenters. The molecule has 1 aliphatic carbocycles. The lowest BCUT2D eigenvalue weighted by molar-refractivity contribution is -0.144. The molecule has 1 heterocycles. The lowest BCUT2D eigenvalue weighted by Crippen LogP contribution is -2.33. The van der Waals surface area contributed by atoms with Crippen LogP contribution in [0.2, 0.25) is 0 Å². The standard InChI is InChI=1S/C17H22O3/c1-17(2)8-6-13(16(18)19)14(10-17)12-5-3-4-11-7-9-20-15(11)12/h3-5,13-14H,6-10H2,1-2H3,(H,18,19). The Morgan fingerprint density at radius 1 is 1.40 bits per heavy atom. The van der Waals surface area contributed by atoms with Crippen LogP contribution in [0.4, 0.5) is 0 Å². The second-order valence-corrected chi connectivity index (χ2v) is 6.89. The van der Waals surface area contributed by atoms with Crippen LogP contribution < -0.4 is 4.74 Å². The van der Waals surface area contributed by atoms with Crippen molar-refractivity contribution in [3.63, 3.8) is 0 Å². The molecule has 1 N–H and O–H groups in total. The minimum Gasteiger partial charge on any atom is -0.493 e. The van der Waals surface area contributed by atoms with Crippen LogP contribution in [0, 0.1) is 11.3 Å². The molecule has 20 heavy (non-hydrogen) atoms. The Bertz CT molecular complexity index is 533. The Morgan fingerprint density at radius 2 is 2.20 bits per heavy atom. The van der Waals surface area contributed by atoms with Gasteiger partial charge in [0.25, 0.3) is 0 Å². The quantitative estimate of drug-likeness (QED) is 0.896. The Balaban J connectivity index is 2.01. The first-order valence-electron chi connectivity index (χ1n) is 7.45. The van der Waals surface area contributed by atoms with Crippen LogP contribution in [0.1, 0.15) is 50.2 Å². The molecule has 108 valence electrons. The summed E-state index contributed by atoms with van der Waals surface area (Å²) in [5, 5.41) is 9.55. The molecule has 1 fully saturated rings. The van der Waals surface area contributed by atoms with Crippen molar-refractivity contribution in [3.05, 3.63) is 29.3 Å². The maximum absolute atomic E-state index is 11.6. The van der Waals surface area contributed by atoms with Crippen molar-refractivity contribution in [2.24, 2.45) is 11.3 Å². The minimum absolute atomic E-state index is 0.0734. The summed E-state index contributed by atoms with van der Waals surface area (Å²) in [5.41, 5.74) is 2.55. The van der Waals surface area contributed by atoms with Gasteiger partial charge in [-0.2, -0.15) is 0 Å². The number of hydrogen-bond acceptors (Lipinski definition) is 2. The number of carbonyl (C=O) groups is 1. The van der Waals surface area contributed by atoms with Gasteiger partial charge in [-0.15, -0.1) is 0 Å². The fraction of sp³-hybridized carbons (Fsp3) is 0.588. The van der Waals surface area contributed by atoms with Gasteiger partial charge in [0, 0.05) is 12.3 Å². The largest absolute Gasteiger partial charge is 0.493 e. The summed E-state index contributed by atoms with van der Waals surface area (Å²) in [6, 6.07) is 6.20. The van der Waals surface area contributed by atoms with Gasteiger partial charge in [-0.3, -0.25) is 4.79 Å². The summed E-state index contributed by atoms with van der Waals surface area (Å²) in [4.78, 5) is 11.6. The summed E-state index contributed by atoms with van der Waals surface area (Å²) in [7, 11) is 0. The van der Waals surface area contributed by atoms with Gasteiger partial charge in [0.2, 0.25) is 0 Å². The van der Waals surface area contributed by atoms with E-state index < -0.39 is 5.97 Å². The number of benzene rings is 1. The van der Waals surface area contributed by atoms with Gasteiger partial charge in [-0.25, -0.2) is 0 Å². The molecular formula is C17H22O3. The maximum Gasteiger partial charge on any atom is 0.307 e. The normalized spacial score (nSPS) is 27.7. The summed E-state index contributed by atoms with van der Waals surface area (Å²) in [6.07, 6.45) is 3.60. The van der Waals surface area contributed by atoms with Gasteiger partial charge in [0.1, 0.15) is 5.75 Å². The highest BCUT2D eigenvalue weighted by Crippen LogP contribution is 2.49. The van der Waals surface area contributed by atoms with Crippen LogP contribution in [-0.2, 0) is 11.2 Å². The minimum atomic E-state index is -0.666. The molecular weight excluding hydrogens is 252 g/mol. The molecule has 0 spiro atoms. The Labute approximate surface area is 120 Å². The van der Waals surface area contributed by atoms with Gasteiger partial charge < -0.3 is 9.84 Å². The van der Waals surface area contributed by atoms with Crippen LogP contribution in [-0.4, -0.2) is 17.7 Å². The topological polar surface area (TPSA) is 46.5 Å². The predicted molar refractivity (Wildman–Crippen MR) is 77.1 cm³/mol. The lowest BCUT2D eigenvalue weighted by atomic mass is 9.65. The first-order valence-corrected chi connectivity index (χ1v) is 7.45. The number of hydrogen-bond donors (Lipinski definition) is 1. The number of ether oxygens (including phenoxy) is 1. The molecule has 2 unspecified atom stereocenters. The summed E-state index contributed by atoms with van der Waals surface area (Å²) in [5.74, 6) is 0.0885. The van der Waals surface area contributed by atoms with E-state index in [4.69, 9.17) is 4.74 Å². The zero-order valence-corrected chi connectivity index (χ0v) is 12.2. The molecule has 0 aromatic heterocycles. The molecule has 0 amide bonds. The van der Waals surface area contributed by atoms with E-state index in [1.807, 2.05) is 6.07 Å². The first kappa shape index (κ1) is 13.5. The fourth-order valence-corrected chi connectivity index (χ4v) is 3.74. The van der Waals surface area contributed by atoms with Crippen molar-refractivity contribution < 1.29 is 14.6 Å². The number of aliphatic carboxylic acids is 1. The van der Waals surface area contributed by atoms with Gasteiger partial charge in [0.15, 0.2) is 0 Å².